The summed E-state index contributed by atoms with van der Waals surface area (Å²) in [6, 6.07) is 5.28. The summed E-state index contributed by atoms with van der Waals surface area (Å²) in [5.41, 5.74) is 1.23. The number of anilines is 2. The fraction of sp³-hybridized carbons (Fsp3) is 0.333. The molecule has 2 N–H and O–H groups in total. The van der Waals surface area contributed by atoms with Crippen LogP contribution in [0.15, 0.2) is 36.8 Å². The Bertz CT molecular complexity index is 564. The first kappa shape index (κ1) is 14.4. The minimum atomic E-state index is -0.340. The maximum Gasteiger partial charge on any atom is 0.170 e. The Hall–Kier alpha value is -2.01. The minimum Gasteiger partial charge on any atom is -0.337 e. The van der Waals surface area contributed by atoms with E-state index >= 15 is 0 Å². The van der Waals surface area contributed by atoms with Crippen molar-refractivity contribution in [3.05, 3.63) is 48.2 Å². The molecule has 0 bridgehead atoms. The largest absolute Gasteiger partial charge is 0.337 e. The number of aromatic nitrogens is 2. The maximum absolute atomic E-state index is 14.3. The van der Waals surface area contributed by atoms with Crippen molar-refractivity contribution in [1.29, 1.82) is 0 Å². The van der Waals surface area contributed by atoms with Gasteiger partial charge in [-0.25, -0.2) is 9.37 Å². The molecule has 2 heterocycles. The molecule has 2 aromatic rings. The highest BCUT2D eigenvalue weighted by Gasteiger charge is 2.13. The van der Waals surface area contributed by atoms with Crippen LogP contribution in [0, 0.1) is 5.82 Å². The minimum absolute atomic E-state index is 0.0628. The van der Waals surface area contributed by atoms with Crippen molar-refractivity contribution in [2.24, 2.45) is 0 Å². The molecule has 0 fully saturated rings. The van der Waals surface area contributed by atoms with Gasteiger partial charge in [-0.1, -0.05) is 0 Å². The monoisotopic (exact) mass is 274 g/mol. The number of halogens is 1. The van der Waals surface area contributed by atoms with Crippen LogP contribution in [0.5, 0.6) is 0 Å². The average molecular weight is 274 g/mol. The van der Waals surface area contributed by atoms with Gasteiger partial charge in [0.2, 0.25) is 0 Å². The fourth-order valence-electron chi connectivity index (χ4n) is 1.64. The summed E-state index contributed by atoms with van der Waals surface area (Å²) in [6.07, 6.45) is 4.89. The first-order valence-corrected chi connectivity index (χ1v) is 6.51. The summed E-state index contributed by atoms with van der Waals surface area (Å²) in [5, 5.41) is 6.20. The third-order valence-electron chi connectivity index (χ3n) is 2.70. The highest BCUT2D eigenvalue weighted by atomic mass is 19.1. The van der Waals surface area contributed by atoms with E-state index in [4.69, 9.17) is 0 Å². The topological polar surface area (TPSA) is 49.8 Å². The van der Waals surface area contributed by atoms with Crippen LogP contribution in [-0.4, -0.2) is 15.5 Å². The lowest BCUT2D eigenvalue weighted by atomic mass is 10.1. The Morgan fingerprint density at radius 3 is 2.65 bits per heavy atom. The number of nitrogens with zero attached hydrogens (tertiary/aromatic N) is 2. The summed E-state index contributed by atoms with van der Waals surface area (Å²) in [4.78, 5) is 8.01. The van der Waals surface area contributed by atoms with Gasteiger partial charge < -0.3 is 10.6 Å². The van der Waals surface area contributed by atoms with Gasteiger partial charge in [0.15, 0.2) is 11.6 Å². The maximum atomic E-state index is 14.3. The van der Waals surface area contributed by atoms with E-state index in [1.807, 2.05) is 26.8 Å². The zero-order valence-electron chi connectivity index (χ0n) is 11.9. The zero-order chi connectivity index (χ0) is 14.6. The standard InChI is InChI=1S/C15H19FN4/c1-15(2,3)19-9-11-6-8-18-14(13(11)16)20-12-5-4-7-17-10-12/h4-8,10,19H,9H2,1-3H3,(H,18,20). The van der Waals surface area contributed by atoms with Crippen LogP contribution in [0.1, 0.15) is 26.3 Å². The smallest absolute Gasteiger partial charge is 0.170 e. The molecule has 2 aromatic heterocycles. The van der Waals surface area contributed by atoms with Crippen LogP contribution in [0.4, 0.5) is 15.9 Å². The zero-order valence-corrected chi connectivity index (χ0v) is 11.9. The number of pyridine rings is 2. The number of nitrogens with one attached hydrogen (secondary N) is 2. The summed E-state index contributed by atoms with van der Waals surface area (Å²) in [7, 11) is 0. The van der Waals surface area contributed by atoms with Crippen molar-refractivity contribution in [2.75, 3.05) is 5.32 Å². The molecule has 0 aliphatic rings. The predicted octanol–water partition coefficient (Wildman–Crippen LogP) is 3.25. The van der Waals surface area contributed by atoms with Crippen LogP contribution in [0.3, 0.4) is 0 Å². The van der Waals surface area contributed by atoms with E-state index in [0.717, 1.165) is 0 Å². The van der Waals surface area contributed by atoms with E-state index in [1.165, 1.54) is 0 Å². The normalized spacial score (nSPS) is 11.4. The lowest BCUT2D eigenvalue weighted by molar-refractivity contribution is 0.418. The molecule has 4 nitrogen and oxygen atoms in total. The Morgan fingerprint density at radius 2 is 2.00 bits per heavy atom. The van der Waals surface area contributed by atoms with Gasteiger partial charge in [0.25, 0.3) is 0 Å². The van der Waals surface area contributed by atoms with Crippen molar-refractivity contribution >= 4 is 11.5 Å². The van der Waals surface area contributed by atoms with E-state index < -0.39 is 0 Å². The number of rotatable bonds is 4. The van der Waals surface area contributed by atoms with E-state index in [1.54, 1.807) is 30.7 Å². The Balaban J connectivity index is 2.15. The molecule has 0 aromatic carbocycles. The van der Waals surface area contributed by atoms with Gasteiger partial charge in [-0.3, -0.25) is 4.98 Å². The van der Waals surface area contributed by atoms with Gasteiger partial charge in [-0.2, -0.15) is 0 Å². The molecule has 0 amide bonds. The first-order valence-electron chi connectivity index (χ1n) is 6.51. The van der Waals surface area contributed by atoms with E-state index in [-0.39, 0.29) is 17.2 Å². The van der Waals surface area contributed by atoms with Gasteiger partial charge in [-0.05, 0) is 39.0 Å². The highest BCUT2D eigenvalue weighted by Crippen LogP contribution is 2.19. The quantitative estimate of drug-likeness (QED) is 0.898. The molecule has 0 aliphatic carbocycles. The van der Waals surface area contributed by atoms with E-state index in [2.05, 4.69) is 20.6 Å². The molecule has 0 saturated heterocycles. The van der Waals surface area contributed by atoms with Crippen molar-refractivity contribution in [3.63, 3.8) is 0 Å². The van der Waals surface area contributed by atoms with Crippen molar-refractivity contribution in [2.45, 2.75) is 32.9 Å². The average Bonchev–Trinajstić information content (AvgIpc) is 2.40. The highest BCUT2D eigenvalue weighted by molar-refractivity contribution is 5.55. The molecule has 20 heavy (non-hydrogen) atoms. The van der Waals surface area contributed by atoms with Gasteiger partial charge in [0, 0.05) is 30.0 Å². The summed E-state index contributed by atoms with van der Waals surface area (Å²) < 4.78 is 14.3. The van der Waals surface area contributed by atoms with Crippen molar-refractivity contribution in [1.82, 2.24) is 15.3 Å². The van der Waals surface area contributed by atoms with Gasteiger partial charge in [0.1, 0.15) is 0 Å². The van der Waals surface area contributed by atoms with Crippen LogP contribution in [0.25, 0.3) is 0 Å². The second-order valence-corrected chi connectivity index (χ2v) is 5.60. The van der Waals surface area contributed by atoms with Gasteiger partial charge in [-0.15, -0.1) is 0 Å². The van der Waals surface area contributed by atoms with Crippen LogP contribution >= 0.6 is 0 Å². The van der Waals surface area contributed by atoms with Gasteiger partial charge in [0.05, 0.1) is 11.9 Å². The summed E-state index contributed by atoms with van der Waals surface area (Å²) in [5.74, 6) is -0.126. The second kappa shape index (κ2) is 5.96. The third kappa shape index (κ3) is 3.99. The number of hydrogen-bond donors (Lipinski definition) is 2. The number of hydrogen-bond acceptors (Lipinski definition) is 4. The molecule has 0 unspecified atom stereocenters. The Kier molecular flexibility index (Phi) is 4.29. The molecule has 0 aliphatic heterocycles. The molecule has 106 valence electrons. The summed E-state index contributed by atoms with van der Waals surface area (Å²) in [6.45, 7) is 6.59. The fourth-order valence-corrected chi connectivity index (χ4v) is 1.64. The molecule has 0 spiro atoms. The molecule has 0 atom stereocenters. The Labute approximate surface area is 118 Å². The first-order chi connectivity index (χ1) is 9.46. The lowest BCUT2D eigenvalue weighted by Crippen LogP contribution is -2.35. The molecule has 0 saturated carbocycles. The molecule has 0 radical (unpaired) electrons. The van der Waals surface area contributed by atoms with Crippen LogP contribution < -0.4 is 10.6 Å². The molecular weight excluding hydrogens is 255 g/mol. The predicted molar refractivity (Wildman–Crippen MR) is 78.3 cm³/mol. The third-order valence-corrected chi connectivity index (χ3v) is 2.70. The molecular formula is C15H19FN4. The van der Waals surface area contributed by atoms with Crippen LogP contribution in [0.2, 0.25) is 0 Å². The molecule has 5 heteroatoms. The molecule has 2 rings (SSSR count). The SMILES string of the molecule is CC(C)(C)NCc1ccnc(Nc2cccnc2)c1F. The van der Waals surface area contributed by atoms with Gasteiger partial charge >= 0.3 is 0 Å². The lowest BCUT2D eigenvalue weighted by Gasteiger charge is -2.21. The second-order valence-electron chi connectivity index (χ2n) is 5.60. The van der Waals surface area contributed by atoms with E-state index in [9.17, 15) is 4.39 Å². The van der Waals surface area contributed by atoms with Crippen molar-refractivity contribution in [3.8, 4) is 0 Å². The summed E-state index contributed by atoms with van der Waals surface area (Å²) >= 11 is 0. The Morgan fingerprint density at radius 1 is 1.20 bits per heavy atom. The van der Waals surface area contributed by atoms with Crippen molar-refractivity contribution < 1.29 is 4.39 Å². The van der Waals surface area contributed by atoms with Crippen LogP contribution in [-0.2, 0) is 6.54 Å². The van der Waals surface area contributed by atoms with E-state index in [0.29, 0.717) is 17.8 Å².